The predicted octanol–water partition coefficient (Wildman–Crippen LogP) is 10.5. The maximum absolute atomic E-state index is 12.6. The first-order valence-corrected chi connectivity index (χ1v) is 16.9. The molecule has 0 N–H and O–H groups in total. The Kier molecular flexibility index (Phi) is 12.9. The number of hydrogen-bond donors (Lipinski definition) is 0. The molecule has 5 heteroatoms. The number of nitrogens with zero attached hydrogens (tertiary/aromatic N) is 1. The van der Waals surface area contributed by atoms with Gasteiger partial charge in [0.1, 0.15) is 11.5 Å². The van der Waals surface area contributed by atoms with Crippen molar-refractivity contribution < 1.29 is 18.8 Å². The van der Waals surface area contributed by atoms with Crippen LogP contribution in [-0.4, -0.2) is 37.3 Å². The second-order valence-corrected chi connectivity index (χ2v) is 13.3. The van der Waals surface area contributed by atoms with E-state index < -0.39 is 0 Å². The van der Waals surface area contributed by atoms with E-state index in [0.717, 1.165) is 48.0 Å². The lowest BCUT2D eigenvalue weighted by Crippen LogP contribution is -2.44. The summed E-state index contributed by atoms with van der Waals surface area (Å²) >= 11 is 6.41. The van der Waals surface area contributed by atoms with Gasteiger partial charge in [-0.05, 0) is 30.7 Å². The first-order chi connectivity index (χ1) is 20.0. The molecular weight excluding hydrogens is 530 g/mol. The molecule has 41 heavy (non-hydrogen) atoms. The minimum Gasteiger partial charge on any atom is -0.457 e. The van der Waals surface area contributed by atoms with Crippen molar-refractivity contribution in [1.29, 1.82) is 0 Å². The van der Waals surface area contributed by atoms with Gasteiger partial charge in [0.15, 0.2) is 0 Å². The number of carbonyl (C=O) groups excluding carboxylic acids is 1. The Morgan fingerprint density at radius 3 is 1.95 bits per heavy atom. The summed E-state index contributed by atoms with van der Waals surface area (Å²) in [6, 6.07) is 14.3. The number of benzene rings is 2. The Bertz CT molecular complexity index is 1090. The van der Waals surface area contributed by atoms with Crippen molar-refractivity contribution in [3.05, 3.63) is 58.6 Å². The lowest BCUT2D eigenvalue weighted by molar-refractivity contribution is -0.915. The molecule has 1 saturated heterocycles. The lowest BCUT2D eigenvalue weighted by Gasteiger charge is -2.29. The van der Waals surface area contributed by atoms with E-state index in [1.807, 2.05) is 18.2 Å². The molecule has 4 rings (SSSR count). The number of ether oxygens (including phenoxy) is 2. The number of carbonyl (C=O) groups is 1. The summed E-state index contributed by atoms with van der Waals surface area (Å²) in [7, 11) is 2.21. The van der Waals surface area contributed by atoms with E-state index in [4.69, 9.17) is 21.1 Å². The molecule has 2 aliphatic heterocycles. The minimum atomic E-state index is -0.0571. The van der Waals surface area contributed by atoms with Crippen LogP contribution in [-0.2, 0) is 9.53 Å². The topological polar surface area (TPSA) is 35.5 Å². The average Bonchev–Trinajstić information content (AvgIpc) is 3.27. The third-order valence-corrected chi connectivity index (χ3v) is 9.43. The van der Waals surface area contributed by atoms with E-state index in [1.54, 1.807) is 0 Å². The highest BCUT2D eigenvalue weighted by molar-refractivity contribution is 6.30. The van der Waals surface area contributed by atoms with E-state index in [9.17, 15) is 4.79 Å². The smallest absolute Gasteiger partial charge is 0.310 e. The van der Waals surface area contributed by atoms with Gasteiger partial charge < -0.3 is 9.47 Å². The third kappa shape index (κ3) is 9.75. The highest BCUT2D eigenvalue weighted by Crippen LogP contribution is 2.51. The molecule has 0 amide bonds. The zero-order valence-corrected chi connectivity index (χ0v) is 26.4. The van der Waals surface area contributed by atoms with Gasteiger partial charge in [-0.3, -0.25) is 9.28 Å². The van der Waals surface area contributed by atoms with Gasteiger partial charge in [-0.1, -0.05) is 127 Å². The summed E-state index contributed by atoms with van der Waals surface area (Å²) in [6.45, 7) is 4.50. The van der Waals surface area contributed by atoms with Crippen LogP contribution in [0.2, 0.25) is 5.02 Å². The molecule has 1 fully saturated rings. The second-order valence-electron chi connectivity index (χ2n) is 12.9. The van der Waals surface area contributed by atoms with Crippen molar-refractivity contribution in [2.75, 3.05) is 26.9 Å². The van der Waals surface area contributed by atoms with Crippen LogP contribution < -0.4 is 4.74 Å². The minimum absolute atomic E-state index is 0.0571. The number of fused-ring (bicyclic) bond motifs is 5. The summed E-state index contributed by atoms with van der Waals surface area (Å²) in [4.78, 5) is 12.6. The lowest BCUT2D eigenvalue weighted by atomic mass is 9.84. The van der Waals surface area contributed by atoms with Crippen LogP contribution in [0.3, 0.4) is 0 Å². The van der Waals surface area contributed by atoms with Gasteiger partial charge in [-0.25, -0.2) is 0 Å². The summed E-state index contributed by atoms with van der Waals surface area (Å²) in [5.74, 6) is 2.31. The van der Waals surface area contributed by atoms with Crippen LogP contribution in [0, 0.1) is 0 Å². The van der Waals surface area contributed by atoms with Crippen molar-refractivity contribution in [2.24, 2.45) is 0 Å². The van der Waals surface area contributed by atoms with Gasteiger partial charge in [-0.15, -0.1) is 0 Å². The Morgan fingerprint density at radius 2 is 1.32 bits per heavy atom. The number of hydrogen-bond acceptors (Lipinski definition) is 3. The number of para-hydroxylation sites is 1. The van der Waals surface area contributed by atoms with E-state index in [-0.39, 0.29) is 11.9 Å². The van der Waals surface area contributed by atoms with Gasteiger partial charge in [0.25, 0.3) is 0 Å². The van der Waals surface area contributed by atoms with E-state index in [0.29, 0.717) is 23.6 Å². The summed E-state index contributed by atoms with van der Waals surface area (Å²) in [5, 5.41) is 0.730. The standard InChI is InChI=1S/C36H53ClNO3/c1-3-4-5-6-7-8-9-10-11-12-13-14-15-16-17-22-36(39)40-28-38(2)26-32-30-20-18-19-21-34(30)41-35-24-23-29(37)25-31(35)33(32)27-38/h18-21,23-25,32-33H,3-17,22,26-28H2,1-2H3/q+1/t32-,33-,38?/m1/s1. The average molecular weight is 583 g/mol. The zero-order chi connectivity index (χ0) is 28.9. The third-order valence-electron chi connectivity index (χ3n) is 9.19. The van der Waals surface area contributed by atoms with Crippen molar-refractivity contribution in [3.63, 3.8) is 0 Å². The SMILES string of the molecule is CCCCCCCCCCCCCCCCCC(=O)OC[N+]1(C)C[C@@H]2c3ccccc3Oc3ccc(Cl)cc3[C@H]2C1. The molecule has 2 heterocycles. The molecule has 0 saturated carbocycles. The van der Waals surface area contributed by atoms with Crippen molar-refractivity contribution in [3.8, 4) is 11.5 Å². The monoisotopic (exact) mass is 582 g/mol. The van der Waals surface area contributed by atoms with E-state index in [1.165, 1.54) is 89.0 Å². The fourth-order valence-corrected chi connectivity index (χ4v) is 7.04. The van der Waals surface area contributed by atoms with Crippen LogP contribution in [0.5, 0.6) is 11.5 Å². The summed E-state index contributed by atoms with van der Waals surface area (Å²) in [5.41, 5.74) is 2.39. The number of likely N-dealkylation sites (tertiary alicyclic amines) is 1. The van der Waals surface area contributed by atoms with Crippen LogP contribution in [0.25, 0.3) is 0 Å². The van der Waals surface area contributed by atoms with Gasteiger partial charge >= 0.3 is 5.97 Å². The number of likely N-dealkylation sites (N-methyl/N-ethyl adjacent to an activating group) is 1. The molecule has 4 nitrogen and oxygen atoms in total. The fraction of sp³-hybridized carbons (Fsp3) is 0.639. The Morgan fingerprint density at radius 1 is 0.780 bits per heavy atom. The van der Waals surface area contributed by atoms with Gasteiger partial charge in [0.05, 0.1) is 20.1 Å². The highest BCUT2D eigenvalue weighted by atomic mass is 35.5. The van der Waals surface area contributed by atoms with E-state index in [2.05, 4.69) is 38.2 Å². The van der Waals surface area contributed by atoms with E-state index >= 15 is 0 Å². The normalized spacial score (nSPS) is 21.0. The maximum Gasteiger partial charge on any atom is 0.310 e. The van der Waals surface area contributed by atoms with Crippen LogP contribution in [0.15, 0.2) is 42.5 Å². The molecule has 0 aliphatic carbocycles. The summed E-state index contributed by atoms with van der Waals surface area (Å²) < 4.78 is 12.9. The Hall–Kier alpha value is -2.04. The number of rotatable bonds is 18. The largest absolute Gasteiger partial charge is 0.457 e. The van der Waals surface area contributed by atoms with Gasteiger partial charge in [0.2, 0.25) is 6.73 Å². The van der Waals surface area contributed by atoms with Crippen LogP contribution >= 0.6 is 11.6 Å². The number of quaternary nitrogens is 1. The first kappa shape index (κ1) is 31.9. The zero-order valence-electron chi connectivity index (χ0n) is 25.7. The molecule has 2 aliphatic rings. The first-order valence-electron chi connectivity index (χ1n) is 16.5. The molecule has 0 aromatic heterocycles. The maximum atomic E-state index is 12.6. The number of esters is 1. The second kappa shape index (κ2) is 16.6. The quantitative estimate of drug-likeness (QED) is 0.0996. The van der Waals surface area contributed by atoms with Crippen molar-refractivity contribution >= 4 is 17.6 Å². The van der Waals surface area contributed by atoms with Crippen molar-refractivity contribution in [2.45, 2.75) is 121 Å². The van der Waals surface area contributed by atoms with Crippen LogP contribution in [0.4, 0.5) is 0 Å². The Balaban J connectivity index is 1.11. The number of unbranched alkanes of at least 4 members (excludes halogenated alkanes) is 14. The molecule has 0 bridgehead atoms. The number of halogens is 1. The Labute approximate surface area is 254 Å². The molecule has 0 radical (unpaired) electrons. The molecule has 2 aromatic carbocycles. The molecule has 1 unspecified atom stereocenters. The molecular formula is C36H53ClNO3+. The highest BCUT2D eigenvalue weighted by Gasteiger charge is 2.48. The van der Waals surface area contributed by atoms with Gasteiger partial charge in [-0.2, -0.15) is 0 Å². The predicted molar refractivity (Wildman–Crippen MR) is 170 cm³/mol. The van der Waals surface area contributed by atoms with Crippen LogP contribution in [0.1, 0.15) is 133 Å². The van der Waals surface area contributed by atoms with Gasteiger partial charge in [0, 0.05) is 34.4 Å². The molecule has 3 atom stereocenters. The summed E-state index contributed by atoms with van der Waals surface area (Å²) in [6.07, 6.45) is 20.4. The molecule has 0 spiro atoms. The molecule has 226 valence electrons. The molecule has 2 aromatic rings. The van der Waals surface area contributed by atoms with Crippen molar-refractivity contribution in [1.82, 2.24) is 0 Å². The fourth-order valence-electron chi connectivity index (χ4n) is 6.86.